The highest BCUT2D eigenvalue weighted by Crippen LogP contribution is 2.35. The highest BCUT2D eigenvalue weighted by molar-refractivity contribution is 5.93. The number of carbonyl (C=O) groups excluding carboxylic acids is 2. The molecule has 5 nitrogen and oxygen atoms in total. The van der Waals surface area contributed by atoms with E-state index in [1.54, 1.807) is 0 Å². The molecular formula is C22H34N3O2+. The van der Waals surface area contributed by atoms with Gasteiger partial charge in [-0.15, -0.1) is 0 Å². The Labute approximate surface area is 163 Å². The third kappa shape index (κ3) is 5.10. The van der Waals surface area contributed by atoms with Gasteiger partial charge in [-0.05, 0) is 49.7 Å². The first-order valence-electron chi connectivity index (χ1n) is 10.4. The van der Waals surface area contributed by atoms with Gasteiger partial charge in [-0.1, -0.05) is 37.5 Å². The lowest BCUT2D eigenvalue weighted by molar-refractivity contribution is -0.862. The van der Waals surface area contributed by atoms with Gasteiger partial charge in [0.1, 0.15) is 0 Å². The zero-order valence-corrected chi connectivity index (χ0v) is 17.0. The fourth-order valence-electron chi connectivity index (χ4n) is 4.73. The highest BCUT2D eigenvalue weighted by Gasteiger charge is 2.33. The average Bonchev–Trinajstić information content (AvgIpc) is 2.64. The second-order valence-corrected chi connectivity index (χ2v) is 8.56. The Morgan fingerprint density at radius 3 is 2.44 bits per heavy atom. The number of anilines is 1. The van der Waals surface area contributed by atoms with E-state index in [2.05, 4.69) is 5.32 Å². The summed E-state index contributed by atoms with van der Waals surface area (Å²) in [4.78, 5) is 28.1. The number of hydrogen-bond donors (Lipinski definition) is 2. The number of aryl methyl sites for hydroxylation is 2. The molecule has 2 amide bonds. The van der Waals surface area contributed by atoms with Crippen molar-refractivity contribution in [2.45, 2.75) is 46.0 Å². The molecule has 148 valence electrons. The molecule has 2 N–H and O–H groups in total. The van der Waals surface area contributed by atoms with Gasteiger partial charge >= 0.3 is 0 Å². The molecule has 1 saturated carbocycles. The van der Waals surface area contributed by atoms with Crippen molar-refractivity contribution in [2.24, 2.45) is 11.8 Å². The lowest BCUT2D eigenvalue weighted by Crippen LogP contribution is -3.11. The first-order chi connectivity index (χ1) is 12.9. The zero-order valence-electron chi connectivity index (χ0n) is 17.0. The molecule has 5 heteroatoms. The smallest absolute Gasteiger partial charge is 0.279 e. The Bertz CT molecular complexity index is 668. The van der Waals surface area contributed by atoms with E-state index in [0.29, 0.717) is 19.0 Å². The van der Waals surface area contributed by atoms with Crippen LogP contribution < -0.4 is 10.2 Å². The summed E-state index contributed by atoms with van der Waals surface area (Å²) >= 11 is 0. The Balaban J connectivity index is 1.47. The first-order valence-corrected chi connectivity index (χ1v) is 10.4. The largest absolute Gasteiger partial charge is 0.338 e. The summed E-state index contributed by atoms with van der Waals surface area (Å²) in [6.45, 7) is 6.50. The number of nitrogens with zero attached hydrogens (tertiary/aromatic N) is 1. The molecule has 1 unspecified atom stereocenters. The molecule has 1 aromatic carbocycles. The summed E-state index contributed by atoms with van der Waals surface area (Å²) < 4.78 is 0. The monoisotopic (exact) mass is 372 g/mol. The Morgan fingerprint density at radius 2 is 1.74 bits per heavy atom. The van der Waals surface area contributed by atoms with E-state index in [1.807, 2.05) is 44.0 Å². The molecule has 1 heterocycles. The minimum atomic E-state index is -0.0383. The van der Waals surface area contributed by atoms with E-state index in [-0.39, 0.29) is 11.8 Å². The topological polar surface area (TPSA) is 53.9 Å². The summed E-state index contributed by atoms with van der Waals surface area (Å²) in [5.41, 5.74) is 3.01. The van der Waals surface area contributed by atoms with Gasteiger partial charge in [-0.3, -0.25) is 9.59 Å². The molecule has 0 aromatic heterocycles. The maximum Gasteiger partial charge on any atom is 0.279 e. The van der Waals surface area contributed by atoms with Crippen LogP contribution in [0, 0.1) is 25.7 Å². The second kappa shape index (κ2) is 8.87. The lowest BCUT2D eigenvalue weighted by Gasteiger charge is -2.41. The Hall–Kier alpha value is -1.88. The lowest BCUT2D eigenvalue weighted by atomic mass is 9.75. The van der Waals surface area contributed by atoms with Crippen molar-refractivity contribution in [2.75, 3.05) is 38.5 Å². The van der Waals surface area contributed by atoms with E-state index in [9.17, 15) is 9.59 Å². The minimum Gasteiger partial charge on any atom is -0.338 e. The van der Waals surface area contributed by atoms with Crippen LogP contribution in [0.5, 0.6) is 0 Å². The number of amides is 2. The van der Waals surface area contributed by atoms with Crippen LogP contribution in [0.15, 0.2) is 18.2 Å². The molecular weight excluding hydrogens is 338 g/mol. The molecule has 3 atom stereocenters. The fraction of sp³-hybridized carbons (Fsp3) is 0.636. The number of hydrogen-bond acceptors (Lipinski definition) is 2. The van der Waals surface area contributed by atoms with Crippen molar-refractivity contribution in [3.63, 3.8) is 0 Å². The van der Waals surface area contributed by atoms with Crippen LogP contribution >= 0.6 is 0 Å². The van der Waals surface area contributed by atoms with Crippen LogP contribution in [0.1, 0.15) is 43.2 Å². The number of benzene rings is 1. The van der Waals surface area contributed by atoms with E-state index >= 15 is 0 Å². The van der Waals surface area contributed by atoms with Gasteiger partial charge in [0.25, 0.3) is 11.8 Å². The molecule has 2 fully saturated rings. The molecule has 1 saturated heterocycles. The van der Waals surface area contributed by atoms with Gasteiger partial charge in [0, 0.05) is 18.8 Å². The molecule has 1 aromatic rings. The van der Waals surface area contributed by atoms with Crippen LogP contribution in [0.25, 0.3) is 0 Å². The molecule has 0 spiro atoms. The van der Waals surface area contributed by atoms with Crippen molar-refractivity contribution in [1.82, 2.24) is 4.90 Å². The first kappa shape index (κ1) is 19.9. The normalized spacial score (nSPS) is 23.4. The molecule has 1 aliphatic heterocycles. The Morgan fingerprint density at radius 1 is 1.07 bits per heavy atom. The maximum absolute atomic E-state index is 12.7. The summed E-state index contributed by atoms with van der Waals surface area (Å²) in [5.74, 6) is 1.68. The number of quaternary nitrogens is 1. The van der Waals surface area contributed by atoms with Crippen LogP contribution in [-0.2, 0) is 9.59 Å². The number of para-hydroxylation sites is 1. The Kier molecular flexibility index (Phi) is 6.53. The second-order valence-electron chi connectivity index (χ2n) is 8.56. The number of likely N-dealkylation sites (N-methyl/N-ethyl adjacent to an activating group) is 1. The number of rotatable bonds is 5. The summed E-state index contributed by atoms with van der Waals surface area (Å²) in [6.07, 6.45) is 6.44. The number of carbonyl (C=O) groups is 2. The van der Waals surface area contributed by atoms with E-state index in [0.717, 1.165) is 47.1 Å². The molecule has 0 radical (unpaired) electrons. The van der Waals surface area contributed by atoms with Gasteiger partial charge < -0.3 is 15.1 Å². The van der Waals surface area contributed by atoms with Gasteiger partial charge in [0.15, 0.2) is 13.1 Å². The summed E-state index contributed by atoms with van der Waals surface area (Å²) in [5, 5.41) is 3.01. The highest BCUT2D eigenvalue weighted by atomic mass is 16.2. The maximum atomic E-state index is 12.7. The van der Waals surface area contributed by atoms with Crippen molar-refractivity contribution in [3.05, 3.63) is 29.3 Å². The van der Waals surface area contributed by atoms with Gasteiger partial charge in [0.05, 0.1) is 7.05 Å². The number of piperidine rings is 1. The third-order valence-electron chi connectivity index (χ3n) is 6.30. The van der Waals surface area contributed by atoms with Gasteiger partial charge in [0.2, 0.25) is 0 Å². The molecule has 3 rings (SSSR count). The summed E-state index contributed by atoms with van der Waals surface area (Å²) in [6, 6.07) is 5.99. The number of fused-ring (bicyclic) bond motifs is 1. The predicted molar refractivity (Wildman–Crippen MR) is 108 cm³/mol. The van der Waals surface area contributed by atoms with Gasteiger partial charge in [-0.25, -0.2) is 0 Å². The van der Waals surface area contributed by atoms with Gasteiger partial charge in [-0.2, -0.15) is 0 Å². The fourth-order valence-corrected chi connectivity index (χ4v) is 4.73. The standard InChI is InChI=1S/C22H33N3O2/c1-16-7-6-8-17(2)22(16)23-20(26)14-24(3)15-21(27)25-12-11-18-9-4-5-10-19(18)13-25/h6-8,18-19H,4-5,9-15H2,1-3H3,(H,23,26)/p+1/t18-,19+/m0/s1. The predicted octanol–water partition coefficient (Wildman–Crippen LogP) is 1.80. The number of nitrogens with one attached hydrogen (secondary N) is 2. The van der Waals surface area contributed by atoms with Crippen molar-refractivity contribution >= 4 is 17.5 Å². The quantitative estimate of drug-likeness (QED) is 0.828. The average molecular weight is 373 g/mol. The van der Waals surface area contributed by atoms with Crippen LogP contribution in [0.3, 0.4) is 0 Å². The van der Waals surface area contributed by atoms with E-state index in [4.69, 9.17) is 0 Å². The zero-order chi connectivity index (χ0) is 19.4. The number of likely N-dealkylation sites (tertiary alicyclic amines) is 1. The molecule has 1 aliphatic carbocycles. The molecule has 0 bridgehead atoms. The summed E-state index contributed by atoms with van der Waals surface area (Å²) in [7, 11) is 1.93. The minimum absolute atomic E-state index is 0.0383. The molecule has 27 heavy (non-hydrogen) atoms. The van der Waals surface area contributed by atoms with Crippen LogP contribution in [0.2, 0.25) is 0 Å². The SMILES string of the molecule is Cc1cccc(C)c1NC(=O)C[NH+](C)CC(=O)N1CC[C@@H]2CCCC[C@@H]2C1. The molecule has 2 aliphatic rings. The third-order valence-corrected chi connectivity index (χ3v) is 6.30. The van der Waals surface area contributed by atoms with Crippen molar-refractivity contribution < 1.29 is 14.5 Å². The van der Waals surface area contributed by atoms with E-state index < -0.39 is 0 Å². The van der Waals surface area contributed by atoms with Crippen molar-refractivity contribution in [3.8, 4) is 0 Å². The van der Waals surface area contributed by atoms with Crippen LogP contribution in [0.4, 0.5) is 5.69 Å². The van der Waals surface area contributed by atoms with E-state index in [1.165, 1.54) is 25.7 Å². The van der Waals surface area contributed by atoms with Crippen molar-refractivity contribution in [1.29, 1.82) is 0 Å². The van der Waals surface area contributed by atoms with Crippen LogP contribution in [-0.4, -0.2) is 49.9 Å².